The predicted octanol–water partition coefficient (Wildman–Crippen LogP) is 1.73. The zero-order valence-corrected chi connectivity index (χ0v) is 11.6. The van der Waals surface area contributed by atoms with Gasteiger partial charge in [-0.15, -0.1) is 0 Å². The molecule has 0 aromatic heterocycles. The minimum atomic E-state index is -2.83. The van der Waals surface area contributed by atoms with E-state index in [1.165, 1.54) is 11.1 Å². The van der Waals surface area contributed by atoms with Crippen molar-refractivity contribution in [2.75, 3.05) is 18.1 Å². The second kappa shape index (κ2) is 5.41. The molecule has 2 N–H and O–H groups in total. The average Bonchev–Trinajstić information content (AvgIpc) is 2.71. The number of aryl methyl sites for hydroxylation is 1. The number of rotatable bonds is 4. The van der Waals surface area contributed by atoms with Crippen LogP contribution in [0.3, 0.4) is 0 Å². The van der Waals surface area contributed by atoms with Crippen molar-refractivity contribution in [1.29, 1.82) is 0 Å². The Hall–Kier alpha value is -0.870. The molecule has 0 aliphatic carbocycles. The molecule has 18 heavy (non-hydrogen) atoms. The first-order valence-corrected chi connectivity index (χ1v) is 8.37. The summed E-state index contributed by atoms with van der Waals surface area (Å²) < 4.78 is 23.1. The normalized spacial score (nSPS) is 24.0. The molecule has 1 saturated heterocycles. The van der Waals surface area contributed by atoms with Gasteiger partial charge >= 0.3 is 0 Å². The highest BCUT2D eigenvalue weighted by molar-refractivity contribution is 7.91. The van der Waals surface area contributed by atoms with Crippen molar-refractivity contribution in [1.82, 2.24) is 0 Å². The van der Waals surface area contributed by atoms with Crippen molar-refractivity contribution < 1.29 is 8.42 Å². The SMILES string of the molecule is CCc1ccc(C(CN)C2CCS(=O)(=O)C2)cc1. The number of benzene rings is 1. The highest BCUT2D eigenvalue weighted by atomic mass is 32.2. The van der Waals surface area contributed by atoms with E-state index in [-0.39, 0.29) is 11.8 Å². The lowest BCUT2D eigenvalue weighted by Crippen LogP contribution is -2.22. The van der Waals surface area contributed by atoms with Crippen LogP contribution < -0.4 is 5.73 Å². The number of sulfone groups is 1. The number of hydrogen-bond donors (Lipinski definition) is 1. The molecule has 100 valence electrons. The van der Waals surface area contributed by atoms with Gasteiger partial charge in [0.25, 0.3) is 0 Å². The van der Waals surface area contributed by atoms with Crippen molar-refractivity contribution in [2.45, 2.75) is 25.7 Å². The molecule has 1 aliphatic rings. The Morgan fingerprint density at radius 1 is 1.33 bits per heavy atom. The van der Waals surface area contributed by atoms with E-state index in [9.17, 15) is 8.42 Å². The molecular weight excluding hydrogens is 246 g/mol. The molecule has 0 bridgehead atoms. The van der Waals surface area contributed by atoms with Crippen LogP contribution >= 0.6 is 0 Å². The van der Waals surface area contributed by atoms with Crippen LogP contribution in [0.4, 0.5) is 0 Å². The highest BCUT2D eigenvalue weighted by Gasteiger charge is 2.33. The van der Waals surface area contributed by atoms with Crippen LogP contribution in [0, 0.1) is 5.92 Å². The summed E-state index contributed by atoms with van der Waals surface area (Å²) in [6.07, 6.45) is 1.77. The maximum absolute atomic E-state index is 11.6. The second-order valence-electron chi connectivity index (χ2n) is 5.10. The molecule has 0 radical (unpaired) electrons. The molecule has 1 aliphatic heterocycles. The van der Waals surface area contributed by atoms with Crippen molar-refractivity contribution in [3.8, 4) is 0 Å². The highest BCUT2D eigenvalue weighted by Crippen LogP contribution is 2.32. The second-order valence-corrected chi connectivity index (χ2v) is 7.33. The lowest BCUT2D eigenvalue weighted by molar-refractivity contribution is 0.474. The van der Waals surface area contributed by atoms with Crippen molar-refractivity contribution >= 4 is 9.84 Å². The van der Waals surface area contributed by atoms with Crippen LogP contribution in [-0.4, -0.2) is 26.5 Å². The van der Waals surface area contributed by atoms with Crippen LogP contribution in [0.5, 0.6) is 0 Å². The lowest BCUT2D eigenvalue weighted by Gasteiger charge is -2.21. The summed E-state index contributed by atoms with van der Waals surface area (Å²) in [7, 11) is -2.83. The Morgan fingerprint density at radius 2 is 2.00 bits per heavy atom. The number of nitrogens with two attached hydrogens (primary N) is 1. The monoisotopic (exact) mass is 267 g/mol. The average molecular weight is 267 g/mol. The van der Waals surface area contributed by atoms with Gasteiger partial charge in [-0.3, -0.25) is 0 Å². The van der Waals surface area contributed by atoms with Gasteiger partial charge in [0, 0.05) is 0 Å². The van der Waals surface area contributed by atoms with E-state index in [4.69, 9.17) is 5.73 Å². The van der Waals surface area contributed by atoms with Crippen molar-refractivity contribution in [3.05, 3.63) is 35.4 Å². The third-order valence-corrected chi connectivity index (χ3v) is 5.70. The van der Waals surface area contributed by atoms with E-state index in [1.807, 2.05) is 0 Å². The van der Waals surface area contributed by atoms with E-state index in [0.717, 1.165) is 12.8 Å². The first kappa shape index (κ1) is 13.6. The zero-order chi connectivity index (χ0) is 13.2. The molecule has 1 aromatic carbocycles. The van der Waals surface area contributed by atoms with Gasteiger partial charge < -0.3 is 5.73 Å². The summed E-state index contributed by atoms with van der Waals surface area (Å²) in [5, 5.41) is 0. The van der Waals surface area contributed by atoms with Gasteiger partial charge in [0.05, 0.1) is 11.5 Å². The van der Waals surface area contributed by atoms with Gasteiger partial charge in [-0.05, 0) is 42.3 Å². The molecule has 0 saturated carbocycles. The molecule has 0 amide bonds. The molecule has 1 aromatic rings. The molecule has 4 heteroatoms. The molecule has 2 atom stereocenters. The fraction of sp³-hybridized carbons (Fsp3) is 0.571. The third kappa shape index (κ3) is 2.93. The van der Waals surface area contributed by atoms with E-state index >= 15 is 0 Å². The maximum Gasteiger partial charge on any atom is 0.150 e. The Labute approximate surface area is 109 Å². The topological polar surface area (TPSA) is 60.2 Å². The molecule has 3 nitrogen and oxygen atoms in total. The Kier molecular flexibility index (Phi) is 4.07. The molecular formula is C14H21NO2S. The fourth-order valence-corrected chi connectivity index (χ4v) is 4.62. The molecule has 1 heterocycles. The van der Waals surface area contributed by atoms with E-state index in [1.54, 1.807) is 0 Å². The first-order valence-electron chi connectivity index (χ1n) is 6.55. The Bertz CT molecular complexity index is 493. The smallest absolute Gasteiger partial charge is 0.150 e. The van der Waals surface area contributed by atoms with E-state index < -0.39 is 9.84 Å². The van der Waals surface area contributed by atoms with Crippen LogP contribution in [0.1, 0.15) is 30.4 Å². The van der Waals surface area contributed by atoms with Gasteiger partial charge in [-0.1, -0.05) is 31.2 Å². The van der Waals surface area contributed by atoms with E-state index in [2.05, 4.69) is 31.2 Å². The summed E-state index contributed by atoms with van der Waals surface area (Å²) in [5.41, 5.74) is 8.33. The van der Waals surface area contributed by atoms with Crippen LogP contribution in [0.15, 0.2) is 24.3 Å². The summed E-state index contributed by atoms with van der Waals surface area (Å²) >= 11 is 0. The van der Waals surface area contributed by atoms with Gasteiger partial charge in [-0.25, -0.2) is 8.42 Å². The largest absolute Gasteiger partial charge is 0.330 e. The van der Waals surface area contributed by atoms with E-state index in [0.29, 0.717) is 18.1 Å². The quantitative estimate of drug-likeness (QED) is 0.903. The summed E-state index contributed by atoms with van der Waals surface area (Å²) in [4.78, 5) is 0. The molecule has 2 unspecified atom stereocenters. The molecule has 0 spiro atoms. The third-order valence-electron chi connectivity index (χ3n) is 3.91. The Morgan fingerprint density at radius 3 is 2.44 bits per heavy atom. The molecule has 1 fully saturated rings. The van der Waals surface area contributed by atoms with Crippen molar-refractivity contribution in [2.24, 2.45) is 11.7 Å². The zero-order valence-electron chi connectivity index (χ0n) is 10.8. The van der Waals surface area contributed by atoms with Gasteiger partial charge in [0.1, 0.15) is 0 Å². The minimum absolute atomic E-state index is 0.174. The maximum atomic E-state index is 11.6. The minimum Gasteiger partial charge on any atom is -0.330 e. The van der Waals surface area contributed by atoms with Gasteiger partial charge in [0.15, 0.2) is 9.84 Å². The summed E-state index contributed by atoms with van der Waals surface area (Å²) in [6.45, 7) is 2.64. The van der Waals surface area contributed by atoms with Gasteiger partial charge in [-0.2, -0.15) is 0 Å². The fourth-order valence-electron chi connectivity index (χ4n) is 2.74. The first-order chi connectivity index (χ1) is 8.55. The van der Waals surface area contributed by atoms with Crippen LogP contribution in [0.25, 0.3) is 0 Å². The standard InChI is InChI=1S/C14H21NO2S/c1-2-11-3-5-12(6-4-11)14(9-15)13-7-8-18(16,17)10-13/h3-6,13-14H,2,7-10,15H2,1H3. The molecule has 2 rings (SSSR count). The Balaban J connectivity index is 2.18. The predicted molar refractivity (Wildman–Crippen MR) is 74.4 cm³/mol. The van der Waals surface area contributed by atoms with Crippen LogP contribution in [0.2, 0.25) is 0 Å². The summed E-state index contributed by atoms with van der Waals surface area (Å²) in [6, 6.07) is 8.42. The summed E-state index contributed by atoms with van der Waals surface area (Å²) in [5.74, 6) is 0.978. The lowest BCUT2D eigenvalue weighted by atomic mass is 9.85. The van der Waals surface area contributed by atoms with Gasteiger partial charge in [0.2, 0.25) is 0 Å². The number of hydrogen-bond acceptors (Lipinski definition) is 3. The van der Waals surface area contributed by atoms with Crippen LogP contribution in [-0.2, 0) is 16.3 Å². The van der Waals surface area contributed by atoms with Crippen molar-refractivity contribution in [3.63, 3.8) is 0 Å².